The molecule has 33 heavy (non-hydrogen) atoms. The number of hydrogen-bond acceptors (Lipinski definition) is 3. The Morgan fingerprint density at radius 1 is 1.12 bits per heavy atom. The molecule has 2 aromatic rings. The van der Waals surface area contributed by atoms with E-state index >= 15 is 0 Å². The Morgan fingerprint density at radius 2 is 1.79 bits per heavy atom. The zero-order chi connectivity index (χ0) is 24.0. The second kappa shape index (κ2) is 11.6. The van der Waals surface area contributed by atoms with Crippen LogP contribution in [-0.4, -0.2) is 52.5 Å². The first-order chi connectivity index (χ1) is 15.8. The molecule has 7 heteroatoms. The van der Waals surface area contributed by atoms with E-state index in [4.69, 9.17) is 16.7 Å². The second-order valence-electron chi connectivity index (χ2n) is 8.84. The predicted octanol–water partition coefficient (Wildman–Crippen LogP) is 5.11. The third-order valence-corrected chi connectivity index (χ3v) is 6.35. The van der Waals surface area contributed by atoms with E-state index in [1.54, 1.807) is 19.1 Å². The van der Waals surface area contributed by atoms with Crippen LogP contribution in [0, 0.1) is 5.82 Å². The molecule has 5 nitrogen and oxygen atoms in total. The van der Waals surface area contributed by atoms with Gasteiger partial charge in [0.1, 0.15) is 5.82 Å². The number of hydrogen-bond donors (Lipinski definition) is 1. The number of halogens is 2. The zero-order valence-corrected chi connectivity index (χ0v) is 20.0. The van der Waals surface area contributed by atoms with E-state index in [1.807, 2.05) is 11.0 Å². The molecule has 1 saturated carbocycles. The lowest BCUT2D eigenvalue weighted by molar-refractivity contribution is -0.137. The van der Waals surface area contributed by atoms with Crippen LogP contribution in [0.25, 0.3) is 0 Å². The minimum absolute atomic E-state index is 0.111. The first-order valence-electron chi connectivity index (χ1n) is 11.5. The van der Waals surface area contributed by atoms with Crippen molar-refractivity contribution < 1.29 is 19.1 Å². The summed E-state index contributed by atoms with van der Waals surface area (Å²) in [6.07, 6.45) is 3.10. The SMILES string of the molecule is CC1CN(Cc2cc(Cl)ccc2C2CC2)CCN1C(=O)Cc1ccc(F)cc1.CCC(=O)O. The number of aliphatic carboxylic acids is 1. The fraction of sp³-hybridized carbons (Fsp3) is 0.462. The van der Waals surface area contributed by atoms with Crippen molar-refractivity contribution in [2.45, 2.75) is 58.0 Å². The van der Waals surface area contributed by atoms with Crippen LogP contribution in [0.1, 0.15) is 55.7 Å². The molecule has 0 radical (unpaired) electrons. The van der Waals surface area contributed by atoms with Crippen molar-refractivity contribution >= 4 is 23.5 Å². The van der Waals surface area contributed by atoms with Gasteiger partial charge in [0.05, 0.1) is 6.42 Å². The molecule has 1 aliphatic carbocycles. The summed E-state index contributed by atoms with van der Waals surface area (Å²) in [5, 5.41) is 8.51. The van der Waals surface area contributed by atoms with E-state index in [2.05, 4.69) is 24.0 Å². The van der Waals surface area contributed by atoms with Crippen LogP contribution < -0.4 is 0 Å². The quantitative estimate of drug-likeness (QED) is 0.631. The maximum Gasteiger partial charge on any atom is 0.303 e. The van der Waals surface area contributed by atoms with Crippen molar-refractivity contribution in [3.63, 3.8) is 0 Å². The van der Waals surface area contributed by atoms with Gasteiger partial charge in [0.25, 0.3) is 0 Å². The molecule has 1 unspecified atom stereocenters. The molecule has 178 valence electrons. The number of carboxylic acids is 1. The van der Waals surface area contributed by atoms with Crippen LogP contribution in [-0.2, 0) is 22.6 Å². The number of carboxylic acid groups (broad SMARTS) is 1. The molecule has 1 saturated heterocycles. The van der Waals surface area contributed by atoms with Crippen molar-refractivity contribution in [2.24, 2.45) is 0 Å². The molecule has 0 bridgehead atoms. The van der Waals surface area contributed by atoms with Crippen molar-refractivity contribution in [3.8, 4) is 0 Å². The number of amides is 1. The van der Waals surface area contributed by atoms with Gasteiger partial charge in [-0.1, -0.05) is 36.7 Å². The van der Waals surface area contributed by atoms with Crippen LogP contribution in [0.4, 0.5) is 4.39 Å². The molecule has 1 heterocycles. The largest absolute Gasteiger partial charge is 0.481 e. The number of carbonyl (C=O) groups is 2. The van der Waals surface area contributed by atoms with Gasteiger partial charge in [0.2, 0.25) is 5.91 Å². The highest BCUT2D eigenvalue weighted by Crippen LogP contribution is 2.42. The Hall–Kier alpha value is -2.44. The van der Waals surface area contributed by atoms with E-state index in [1.165, 1.54) is 36.1 Å². The summed E-state index contributed by atoms with van der Waals surface area (Å²) < 4.78 is 13.1. The van der Waals surface area contributed by atoms with Crippen molar-refractivity contribution in [2.75, 3.05) is 19.6 Å². The molecule has 2 aliphatic rings. The Kier molecular flexibility index (Phi) is 8.87. The minimum Gasteiger partial charge on any atom is -0.481 e. The molecule has 1 amide bonds. The number of carbonyl (C=O) groups excluding carboxylic acids is 1. The van der Waals surface area contributed by atoms with Gasteiger partial charge >= 0.3 is 5.97 Å². The maximum atomic E-state index is 13.1. The van der Waals surface area contributed by atoms with Crippen LogP contribution in [0.3, 0.4) is 0 Å². The van der Waals surface area contributed by atoms with Gasteiger partial charge < -0.3 is 10.0 Å². The highest BCUT2D eigenvalue weighted by Gasteiger charge is 2.30. The highest BCUT2D eigenvalue weighted by atomic mass is 35.5. The zero-order valence-electron chi connectivity index (χ0n) is 19.3. The first-order valence-corrected chi connectivity index (χ1v) is 11.9. The molecule has 1 atom stereocenters. The second-order valence-corrected chi connectivity index (χ2v) is 9.28. The van der Waals surface area contributed by atoms with E-state index < -0.39 is 5.97 Å². The number of rotatable bonds is 6. The predicted molar refractivity (Wildman–Crippen MR) is 128 cm³/mol. The molecule has 1 aliphatic heterocycles. The fourth-order valence-corrected chi connectivity index (χ4v) is 4.37. The average Bonchev–Trinajstić information content (AvgIpc) is 3.61. The van der Waals surface area contributed by atoms with E-state index in [-0.39, 0.29) is 24.2 Å². The molecule has 1 N–H and O–H groups in total. The lowest BCUT2D eigenvalue weighted by Gasteiger charge is -2.40. The molecule has 4 rings (SSSR count). The summed E-state index contributed by atoms with van der Waals surface area (Å²) in [4.78, 5) is 26.5. The fourth-order valence-electron chi connectivity index (χ4n) is 4.17. The van der Waals surface area contributed by atoms with Crippen LogP contribution in [0.5, 0.6) is 0 Å². The first kappa shape index (κ1) is 25.2. The molecule has 2 fully saturated rings. The number of nitrogens with zero attached hydrogens (tertiary/aromatic N) is 2. The molecule has 0 spiro atoms. The molecular formula is C26H32ClFN2O3. The van der Waals surface area contributed by atoms with Crippen molar-refractivity contribution in [3.05, 3.63) is 70.0 Å². The lowest BCUT2D eigenvalue weighted by atomic mass is 10.0. The van der Waals surface area contributed by atoms with Gasteiger partial charge in [0, 0.05) is 43.7 Å². The normalized spacial score (nSPS) is 18.4. The average molecular weight is 475 g/mol. The molecule has 0 aromatic heterocycles. The Morgan fingerprint density at radius 3 is 2.36 bits per heavy atom. The smallest absolute Gasteiger partial charge is 0.303 e. The van der Waals surface area contributed by atoms with Crippen molar-refractivity contribution in [1.82, 2.24) is 9.80 Å². The summed E-state index contributed by atoms with van der Waals surface area (Å²) in [7, 11) is 0. The third-order valence-electron chi connectivity index (χ3n) is 6.12. The van der Waals surface area contributed by atoms with E-state index in [9.17, 15) is 14.0 Å². The standard InChI is InChI=1S/C23H26ClFN2O.C3H6O2/c1-16-14-26(15-19-13-20(24)6-9-22(19)18-4-5-18)10-11-27(16)23(28)12-17-2-7-21(25)8-3-17;1-2-3(4)5/h2-3,6-9,13,16,18H,4-5,10-12,14-15H2,1H3;2H2,1H3,(H,4,5). The monoisotopic (exact) mass is 474 g/mol. The molecule has 2 aromatic carbocycles. The topological polar surface area (TPSA) is 60.9 Å². The van der Waals surface area contributed by atoms with Crippen LogP contribution in [0.2, 0.25) is 5.02 Å². The Labute approximate surface area is 200 Å². The maximum absolute atomic E-state index is 13.1. The third kappa shape index (κ3) is 7.54. The van der Waals surface area contributed by atoms with Gasteiger partial charge in [-0.3, -0.25) is 14.5 Å². The Balaban J connectivity index is 0.000000555. The highest BCUT2D eigenvalue weighted by molar-refractivity contribution is 6.30. The van der Waals surface area contributed by atoms with E-state index in [0.29, 0.717) is 12.3 Å². The summed E-state index contributed by atoms with van der Waals surface area (Å²) in [5.74, 6) is -0.210. The summed E-state index contributed by atoms with van der Waals surface area (Å²) in [5.41, 5.74) is 3.62. The Bertz CT molecular complexity index is 963. The molecular weight excluding hydrogens is 443 g/mol. The van der Waals surface area contributed by atoms with Crippen LogP contribution in [0.15, 0.2) is 42.5 Å². The minimum atomic E-state index is -0.745. The number of piperazine rings is 1. The lowest BCUT2D eigenvalue weighted by Crippen LogP contribution is -2.54. The van der Waals surface area contributed by atoms with Gasteiger partial charge in [-0.25, -0.2) is 4.39 Å². The van der Waals surface area contributed by atoms with Crippen molar-refractivity contribution in [1.29, 1.82) is 0 Å². The van der Waals surface area contributed by atoms with Crippen LogP contribution >= 0.6 is 11.6 Å². The van der Waals surface area contributed by atoms with Gasteiger partial charge in [-0.05, 0) is 66.6 Å². The van der Waals surface area contributed by atoms with Gasteiger partial charge in [-0.2, -0.15) is 0 Å². The van der Waals surface area contributed by atoms with Gasteiger partial charge in [-0.15, -0.1) is 0 Å². The number of benzene rings is 2. The summed E-state index contributed by atoms with van der Waals surface area (Å²) in [6.45, 7) is 7.02. The van der Waals surface area contributed by atoms with Gasteiger partial charge in [0.15, 0.2) is 0 Å². The van der Waals surface area contributed by atoms with E-state index in [0.717, 1.165) is 36.8 Å². The summed E-state index contributed by atoms with van der Waals surface area (Å²) in [6, 6.07) is 12.6. The summed E-state index contributed by atoms with van der Waals surface area (Å²) >= 11 is 6.24.